The van der Waals surface area contributed by atoms with Crippen LogP contribution in [0.2, 0.25) is 25.7 Å². The van der Waals surface area contributed by atoms with Crippen molar-refractivity contribution in [3.63, 3.8) is 0 Å². The molecule has 14 heteroatoms. The molecule has 0 bridgehead atoms. The molecule has 0 unspecified atom stereocenters. The monoisotopic (exact) mass is 668 g/mol. The summed E-state index contributed by atoms with van der Waals surface area (Å²) >= 11 is 0. The molecule has 1 saturated heterocycles. The van der Waals surface area contributed by atoms with Gasteiger partial charge in [-0.2, -0.15) is 0 Å². The summed E-state index contributed by atoms with van der Waals surface area (Å²) in [5.41, 5.74) is 5.06. The van der Waals surface area contributed by atoms with E-state index in [0.29, 0.717) is 37.3 Å². The van der Waals surface area contributed by atoms with Crippen LogP contribution in [-0.4, -0.2) is 84.0 Å². The first-order valence-electron chi connectivity index (χ1n) is 16.4. The van der Waals surface area contributed by atoms with E-state index in [0.717, 1.165) is 52.3 Å². The smallest absolute Gasteiger partial charge is 0.410 e. The molecule has 0 aliphatic carbocycles. The second-order valence-electron chi connectivity index (χ2n) is 13.7. The van der Waals surface area contributed by atoms with Gasteiger partial charge in [-0.1, -0.05) is 50.0 Å². The molecule has 0 spiro atoms. The molecule has 1 amide bonds. The predicted molar refractivity (Wildman–Crippen MR) is 187 cm³/mol. The van der Waals surface area contributed by atoms with Crippen LogP contribution in [0.3, 0.4) is 0 Å². The Hall–Kier alpha value is -4.69. The van der Waals surface area contributed by atoms with Gasteiger partial charge in [-0.3, -0.25) is 0 Å². The summed E-state index contributed by atoms with van der Waals surface area (Å²) in [6.07, 6.45) is 5.30. The summed E-state index contributed by atoms with van der Waals surface area (Å²) in [7, 11) is 0.554. The minimum Gasteiger partial charge on any atom is -0.445 e. The zero-order chi connectivity index (χ0) is 33.8. The van der Waals surface area contributed by atoms with Gasteiger partial charge in [-0.25, -0.2) is 24.4 Å². The summed E-state index contributed by atoms with van der Waals surface area (Å²) < 4.78 is 15.5. The fraction of sp³-hybridized carbons (Fsp3) is 0.441. The van der Waals surface area contributed by atoms with Gasteiger partial charge < -0.3 is 24.3 Å². The average Bonchev–Trinajstić information content (AvgIpc) is 3.66. The van der Waals surface area contributed by atoms with Gasteiger partial charge in [-0.15, -0.1) is 5.10 Å². The lowest BCUT2D eigenvalue weighted by Crippen LogP contribution is -2.50. The van der Waals surface area contributed by atoms with E-state index in [1.54, 1.807) is 16.6 Å². The molecular weight excluding hydrogens is 625 g/mol. The average molecular weight is 669 g/mol. The van der Waals surface area contributed by atoms with Crippen LogP contribution in [0.5, 0.6) is 0 Å². The third-order valence-corrected chi connectivity index (χ3v) is 10.4. The molecule has 4 aromatic heterocycles. The molecule has 0 radical (unpaired) electrons. The Morgan fingerprint density at radius 1 is 1.08 bits per heavy atom. The number of fused-ring (bicyclic) bond motifs is 1. The number of carbonyl (C=O) groups excluding carboxylic acids is 1. The summed E-state index contributed by atoms with van der Waals surface area (Å²) in [5, 5.41) is 16.4. The molecule has 0 saturated carbocycles. The number of ether oxygens (including phenoxy) is 2. The molecule has 6 rings (SSSR count). The third-order valence-electron chi connectivity index (χ3n) is 8.68. The first-order valence-corrected chi connectivity index (χ1v) is 20.1. The van der Waals surface area contributed by atoms with E-state index in [4.69, 9.17) is 19.4 Å². The van der Waals surface area contributed by atoms with Crippen LogP contribution in [0.25, 0.3) is 33.8 Å². The van der Waals surface area contributed by atoms with Crippen LogP contribution in [0.4, 0.5) is 10.7 Å². The lowest BCUT2D eigenvalue weighted by molar-refractivity contribution is 0.0695. The molecule has 252 valence electrons. The first-order chi connectivity index (χ1) is 23.1. The summed E-state index contributed by atoms with van der Waals surface area (Å²) in [6.45, 7) is 12.9. The van der Waals surface area contributed by atoms with Crippen molar-refractivity contribution >= 4 is 31.1 Å². The lowest BCUT2D eigenvalue weighted by Gasteiger charge is -2.37. The molecule has 1 aliphatic heterocycles. The van der Waals surface area contributed by atoms with E-state index in [1.807, 2.05) is 60.2 Å². The number of hydrogen-bond donors (Lipinski definition) is 1. The van der Waals surface area contributed by atoms with Crippen molar-refractivity contribution in [2.45, 2.75) is 77.8 Å². The molecule has 2 atom stereocenters. The molecule has 1 N–H and O–H groups in total. The van der Waals surface area contributed by atoms with Crippen LogP contribution in [0.15, 0.2) is 54.9 Å². The highest BCUT2D eigenvalue weighted by Gasteiger charge is 2.31. The molecule has 13 nitrogen and oxygen atoms in total. The number of benzene rings is 1. The number of nitrogens with one attached hydrogen (secondary N) is 1. The number of nitrogens with zero attached hydrogens (tertiary/aromatic N) is 9. The maximum atomic E-state index is 13.1. The summed E-state index contributed by atoms with van der Waals surface area (Å²) in [6, 6.07) is 14.8. The van der Waals surface area contributed by atoms with Gasteiger partial charge in [0.2, 0.25) is 5.95 Å². The van der Waals surface area contributed by atoms with Gasteiger partial charge in [0.05, 0.1) is 5.69 Å². The normalized spacial score (nSPS) is 16.8. The van der Waals surface area contributed by atoms with Crippen LogP contribution in [0, 0.1) is 6.92 Å². The van der Waals surface area contributed by atoms with Gasteiger partial charge in [0.25, 0.3) is 0 Å². The number of piperidine rings is 1. The largest absolute Gasteiger partial charge is 0.445 e. The van der Waals surface area contributed by atoms with Crippen molar-refractivity contribution in [1.29, 1.82) is 0 Å². The number of rotatable bonds is 11. The minimum atomic E-state index is -1.24. The van der Waals surface area contributed by atoms with E-state index in [-0.39, 0.29) is 24.8 Å². The van der Waals surface area contributed by atoms with E-state index >= 15 is 0 Å². The number of likely N-dealkylation sites (tertiary alicyclic amines) is 1. The Morgan fingerprint density at radius 2 is 1.90 bits per heavy atom. The number of tetrazole rings is 1. The SMILES string of the molecule is Cc1cnc(N[C@H]2CC[C@H](C)N(C(=O)OCc3ccccc3)C2)nc1-c1cn(COCC[Si](C)(C)C)c2nc(-c3nnnn3C)ccc12. The topological polar surface area (TPSA) is 138 Å². The zero-order valence-electron chi connectivity index (χ0n) is 28.6. The number of amides is 1. The van der Waals surface area contributed by atoms with Crippen LogP contribution in [0.1, 0.15) is 30.9 Å². The predicted octanol–water partition coefficient (Wildman–Crippen LogP) is 5.91. The number of aryl methyl sites for hydroxylation is 2. The zero-order valence-corrected chi connectivity index (χ0v) is 29.6. The van der Waals surface area contributed by atoms with E-state index < -0.39 is 8.07 Å². The van der Waals surface area contributed by atoms with Crippen molar-refractivity contribution in [2.75, 3.05) is 18.5 Å². The molecule has 5 heterocycles. The highest BCUT2D eigenvalue weighted by Crippen LogP contribution is 2.33. The highest BCUT2D eigenvalue weighted by atomic mass is 28.3. The minimum absolute atomic E-state index is 0.0219. The van der Waals surface area contributed by atoms with E-state index in [2.05, 4.69) is 58.6 Å². The number of carbonyl (C=O) groups is 1. The van der Waals surface area contributed by atoms with Crippen LogP contribution in [-0.2, 0) is 29.9 Å². The van der Waals surface area contributed by atoms with Gasteiger partial charge in [0.1, 0.15) is 24.7 Å². The van der Waals surface area contributed by atoms with Crippen molar-refractivity contribution in [2.24, 2.45) is 7.05 Å². The third kappa shape index (κ3) is 7.71. The van der Waals surface area contributed by atoms with Crippen molar-refractivity contribution < 1.29 is 14.3 Å². The Morgan fingerprint density at radius 3 is 2.65 bits per heavy atom. The molecule has 5 aromatic rings. The van der Waals surface area contributed by atoms with Gasteiger partial charge in [0, 0.05) is 63.7 Å². The second-order valence-corrected chi connectivity index (χ2v) is 19.4. The second kappa shape index (κ2) is 14.2. The first kappa shape index (κ1) is 33.2. The number of anilines is 1. The molecule has 1 aromatic carbocycles. The number of hydrogen-bond acceptors (Lipinski definition) is 10. The van der Waals surface area contributed by atoms with Gasteiger partial charge in [-0.05, 0) is 66.4 Å². The Bertz CT molecular complexity index is 1870. The van der Waals surface area contributed by atoms with E-state index in [1.165, 1.54) is 0 Å². The van der Waals surface area contributed by atoms with Crippen LogP contribution < -0.4 is 5.32 Å². The molecule has 1 aliphatic rings. The van der Waals surface area contributed by atoms with Gasteiger partial charge in [0.15, 0.2) is 5.82 Å². The fourth-order valence-electron chi connectivity index (χ4n) is 5.81. The quantitative estimate of drug-likeness (QED) is 0.134. The van der Waals surface area contributed by atoms with Crippen molar-refractivity contribution in [3.8, 4) is 22.8 Å². The van der Waals surface area contributed by atoms with Crippen molar-refractivity contribution in [1.82, 2.24) is 44.6 Å². The Kier molecular flexibility index (Phi) is 9.82. The lowest BCUT2D eigenvalue weighted by atomic mass is 10.00. The molecule has 48 heavy (non-hydrogen) atoms. The number of pyridine rings is 1. The highest BCUT2D eigenvalue weighted by molar-refractivity contribution is 6.76. The number of aromatic nitrogens is 8. The van der Waals surface area contributed by atoms with Gasteiger partial charge >= 0.3 is 6.09 Å². The maximum Gasteiger partial charge on any atom is 0.410 e. The standard InChI is InChI=1S/C34H44N10O3Si/c1-23-18-35-33(36-26-13-12-24(2)44(19-26)34(45)47-21-25-10-8-7-9-11-25)38-30(23)28-20-43(22-46-16-17-48(4,5)6)31-27(28)14-15-29(37-31)32-39-40-41-42(32)3/h7-11,14-15,18,20,24,26H,12-13,16-17,19,21-22H2,1-6H3,(H,35,36,38)/t24-,26-/m0/s1. The fourth-order valence-corrected chi connectivity index (χ4v) is 6.57. The molecular formula is C34H44N10O3Si. The Balaban J connectivity index is 1.23. The molecule has 1 fully saturated rings. The van der Waals surface area contributed by atoms with Crippen LogP contribution >= 0.6 is 0 Å². The maximum absolute atomic E-state index is 13.1. The van der Waals surface area contributed by atoms with Crippen molar-refractivity contribution in [3.05, 3.63) is 66.0 Å². The Labute approximate surface area is 281 Å². The summed E-state index contributed by atoms with van der Waals surface area (Å²) in [4.78, 5) is 29.5. The van der Waals surface area contributed by atoms with E-state index in [9.17, 15) is 4.79 Å². The summed E-state index contributed by atoms with van der Waals surface area (Å²) in [5.74, 6) is 1.09.